The molecule has 3 nitrogen and oxygen atoms in total. The second-order valence-electron chi connectivity index (χ2n) is 5.22. The van der Waals surface area contributed by atoms with Gasteiger partial charge in [-0.05, 0) is 31.7 Å². The third kappa shape index (κ3) is 4.48. The van der Waals surface area contributed by atoms with Crippen molar-refractivity contribution in [2.45, 2.75) is 19.9 Å². The molecule has 0 amide bonds. The number of nitrogens with one attached hydrogen (secondary N) is 1. The van der Waals surface area contributed by atoms with E-state index < -0.39 is 0 Å². The first-order chi connectivity index (χ1) is 9.19. The largest absolute Gasteiger partial charge is 0.384 e. The molecule has 19 heavy (non-hydrogen) atoms. The Hall–Kier alpha value is -0.580. The lowest BCUT2D eigenvalue weighted by Gasteiger charge is -2.39. The van der Waals surface area contributed by atoms with Gasteiger partial charge in [0.25, 0.3) is 0 Å². The molecule has 1 aliphatic rings. The van der Waals surface area contributed by atoms with E-state index in [4.69, 9.17) is 0 Å². The van der Waals surface area contributed by atoms with Crippen molar-refractivity contribution in [2.24, 2.45) is 0 Å². The van der Waals surface area contributed by atoms with Crippen LogP contribution in [0.1, 0.15) is 13.8 Å². The molecule has 1 atom stereocenters. The SMILES string of the molecule is CCN1CCN(CCNc2cccc(Br)c2)CC1C. The van der Waals surface area contributed by atoms with E-state index in [1.807, 2.05) is 0 Å². The third-order valence-electron chi connectivity index (χ3n) is 3.84. The molecule has 1 saturated heterocycles. The molecule has 0 spiro atoms. The van der Waals surface area contributed by atoms with E-state index in [1.54, 1.807) is 0 Å². The van der Waals surface area contributed by atoms with Gasteiger partial charge >= 0.3 is 0 Å². The number of halogens is 1. The predicted molar refractivity (Wildman–Crippen MR) is 85.8 cm³/mol. The van der Waals surface area contributed by atoms with Crippen LogP contribution in [0, 0.1) is 0 Å². The summed E-state index contributed by atoms with van der Waals surface area (Å²) in [6.45, 7) is 11.5. The fourth-order valence-corrected chi connectivity index (χ4v) is 3.10. The lowest BCUT2D eigenvalue weighted by atomic mass is 10.2. The Kier molecular flexibility index (Phi) is 5.67. The molecule has 1 fully saturated rings. The summed E-state index contributed by atoms with van der Waals surface area (Å²) in [5.41, 5.74) is 1.19. The minimum absolute atomic E-state index is 0.685. The first-order valence-electron chi connectivity index (χ1n) is 7.15. The fourth-order valence-electron chi connectivity index (χ4n) is 2.70. The Labute approximate surface area is 125 Å². The highest BCUT2D eigenvalue weighted by Crippen LogP contribution is 2.15. The smallest absolute Gasteiger partial charge is 0.0351 e. The molecular formula is C15H24BrN3. The zero-order chi connectivity index (χ0) is 13.7. The van der Waals surface area contributed by atoms with Crippen LogP contribution in [0.2, 0.25) is 0 Å². The Morgan fingerprint density at radius 2 is 2.21 bits per heavy atom. The van der Waals surface area contributed by atoms with E-state index in [9.17, 15) is 0 Å². The second kappa shape index (κ2) is 7.27. The summed E-state index contributed by atoms with van der Waals surface area (Å²) in [6.07, 6.45) is 0. The highest BCUT2D eigenvalue weighted by Gasteiger charge is 2.21. The summed E-state index contributed by atoms with van der Waals surface area (Å²) in [5, 5.41) is 3.49. The van der Waals surface area contributed by atoms with Crippen molar-refractivity contribution >= 4 is 21.6 Å². The lowest BCUT2D eigenvalue weighted by Crippen LogP contribution is -2.52. The quantitative estimate of drug-likeness (QED) is 0.898. The molecular weight excluding hydrogens is 302 g/mol. The summed E-state index contributed by atoms with van der Waals surface area (Å²) in [7, 11) is 0. The van der Waals surface area contributed by atoms with Gasteiger partial charge in [0.15, 0.2) is 0 Å². The molecule has 0 radical (unpaired) electrons. The van der Waals surface area contributed by atoms with Crippen molar-refractivity contribution in [2.75, 3.05) is 44.6 Å². The summed E-state index contributed by atoms with van der Waals surface area (Å²) in [5.74, 6) is 0. The zero-order valence-corrected chi connectivity index (χ0v) is 13.5. The number of benzene rings is 1. The van der Waals surface area contributed by atoms with Crippen LogP contribution in [-0.4, -0.2) is 55.1 Å². The molecule has 1 aliphatic heterocycles. The fraction of sp³-hybridized carbons (Fsp3) is 0.600. The first kappa shape index (κ1) is 14.8. The van der Waals surface area contributed by atoms with Gasteiger partial charge in [-0.1, -0.05) is 28.9 Å². The maximum Gasteiger partial charge on any atom is 0.0351 e. The number of nitrogens with zero attached hydrogens (tertiary/aromatic N) is 2. The number of anilines is 1. The molecule has 1 N–H and O–H groups in total. The maximum atomic E-state index is 3.50. The van der Waals surface area contributed by atoms with Gasteiger partial charge in [0.1, 0.15) is 0 Å². The normalized spacial score (nSPS) is 21.5. The highest BCUT2D eigenvalue weighted by molar-refractivity contribution is 9.10. The van der Waals surface area contributed by atoms with Crippen molar-refractivity contribution in [1.82, 2.24) is 9.80 Å². The van der Waals surface area contributed by atoms with Gasteiger partial charge in [0, 0.05) is 48.9 Å². The van der Waals surface area contributed by atoms with Gasteiger partial charge in [0.2, 0.25) is 0 Å². The molecule has 2 rings (SSSR count). The average Bonchev–Trinajstić information content (AvgIpc) is 2.39. The van der Waals surface area contributed by atoms with Crippen molar-refractivity contribution < 1.29 is 0 Å². The molecule has 106 valence electrons. The number of rotatable bonds is 5. The minimum Gasteiger partial charge on any atom is -0.384 e. The van der Waals surface area contributed by atoms with Crippen molar-refractivity contribution in [3.8, 4) is 0 Å². The van der Waals surface area contributed by atoms with E-state index in [1.165, 1.54) is 31.9 Å². The molecule has 1 aromatic rings. The zero-order valence-electron chi connectivity index (χ0n) is 11.9. The number of piperazine rings is 1. The standard InChI is InChI=1S/C15H24BrN3/c1-3-19-10-9-18(12-13(19)2)8-7-17-15-6-4-5-14(16)11-15/h4-6,11,13,17H,3,7-10,12H2,1-2H3. The van der Waals surface area contributed by atoms with E-state index >= 15 is 0 Å². The van der Waals surface area contributed by atoms with Gasteiger partial charge < -0.3 is 5.32 Å². The Morgan fingerprint density at radius 1 is 1.37 bits per heavy atom. The van der Waals surface area contributed by atoms with Crippen LogP contribution in [0.15, 0.2) is 28.7 Å². The Morgan fingerprint density at radius 3 is 2.89 bits per heavy atom. The Balaban J connectivity index is 1.72. The van der Waals surface area contributed by atoms with E-state index in [0.717, 1.165) is 17.6 Å². The van der Waals surface area contributed by atoms with Crippen molar-refractivity contribution in [1.29, 1.82) is 0 Å². The number of hydrogen-bond acceptors (Lipinski definition) is 3. The lowest BCUT2D eigenvalue weighted by molar-refractivity contribution is 0.0910. The van der Waals surface area contributed by atoms with Crippen LogP contribution >= 0.6 is 15.9 Å². The highest BCUT2D eigenvalue weighted by atomic mass is 79.9. The van der Waals surface area contributed by atoms with E-state index in [0.29, 0.717) is 6.04 Å². The molecule has 0 aliphatic carbocycles. The summed E-state index contributed by atoms with van der Waals surface area (Å²) in [4.78, 5) is 5.11. The van der Waals surface area contributed by atoms with E-state index in [-0.39, 0.29) is 0 Å². The minimum atomic E-state index is 0.685. The molecule has 0 bridgehead atoms. The van der Waals surface area contributed by atoms with Crippen LogP contribution in [0.3, 0.4) is 0 Å². The Bertz CT molecular complexity index is 397. The molecule has 4 heteroatoms. The van der Waals surface area contributed by atoms with Gasteiger partial charge in [-0.25, -0.2) is 0 Å². The monoisotopic (exact) mass is 325 g/mol. The van der Waals surface area contributed by atoms with Crippen LogP contribution in [0.5, 0.6) is 0 Å². The van der Waals surface area contributed by atoms with Crippen molar-refractivity contribution in [3.05, 3.63) is 28.7 Å². The number of likely N-dealkylation sites (N-methyl/N-ethyl adjacent to an activating group) is 1. The summed E-state index contributed by atoms with van der Waals surface area (Å²) >= 11 is 3.50. The van der Waals surface area contributed by atoms with Gasteiger partial charge in [-0.2, -0.15) is 0 Å². The second-order valence-corrected chi connectivity index (χ2v) is 6.13. The topological polar surface area (TPSA) is 18.5 Å². The predicted octanol–water partition coefficient (Wildman–Crippen LogP) is 2.89. The molecule has 0 aromatic heterocycles. The van der Waals surface area contributed by atoms with Crippen LogP contribution in [0.25, 0.3) is 0 Å². The van der Waals surface area contributed by atoms with E-state index in [2.05, 4.69) is 69.2 Å². The van der Waals surface area contributed by atoms with Crippen LogP contribution in [0.4, 0.5) is 5.69 Å². The maximum absolute atomic E-state index is 3.50. The number of hydrogen-bond donors (Lipinski definition) is 1. The van der Waals surface area contributed by atoms with Crippen molar-refractivity contribution in [3.63, 3.8) is 0 Å². The summed E-state index contributed by atoms with van der Waals surface area (Å²) in [6, 6.07) is 9.04. The van der Waals surface area contributed by atoms with Crippen LogP contribution in [-0.2, 0) is 0 Å². The third-order valence-corrected chi connectivity index (χ3v) is 4.33. The first-order valence-corrected chi connectivity index (χ1v) is 7.94. The molecule has 1 heterocycles. The van der Waals surface area contributed by atoms with Gasteiger partial charge in [-0.3, -0.25) is 9.80 Å². The molecule has 1 aromatic carbocycles. The summed E-state index contributed by atoms with van der Waals surface area (Å²) < 4.78 is 1.13. The molecule has 0 saturated carbocycles. The molecule has 1 unspecified atom stereocenters. The average molecular weight is 326 g/mol. The van der Waals surface area contributed by atoms with Gasteiger partial charge in [-0.15, -0.1) is 0 Å². The van der Waals surface area contributed by atoms with Gasteiger partial charge in [0.05, 0.1) is 0 Å². The van der Waals surface area contributed by atoms with Crippen LogP contribution < -0.4 is 5.32 Å².